The number of hydrogen-bond donors (Lipinski definition) is 2. The van der Waals surface area contributed by atoms with Gasteiger partial charge in [0.25, 0.3) is 0 Å². The van der Waals surface area contributed by atoms with Gasteiger partial charge in [-0.2, -0.15) is 0 Å². The molecule has 0 unspecified atom stereocenters. The summed E-state index contributed by atoms with van der Waals surface area (Å²) in [6.07, 6.45) is 6.09. The van der Waals surface area contributed by atoms with Crippen LogP contribution in [-0.4, -0.2) is 48.1 Å². The van der Waals surface area contributed by atoms with E-state index in [2.05, 4.69) is 47.0 Å². The van der Waals surface area contributed by atoms with Crippen LogP contribution in [-0.2, 0) is 6.54 Å². The summed E-state index contributed by atoms with van der Waals surface area (Å²) in [5, 5.41) is 6.91. The minimum absolute atomic E-state index is 0. The Labute approximate surface area is 163 Å². The predicted molar refractivity (Wildman–Crippen MR) is 112 cm³/mol. The zero-order valence-corrected chi connectivity index (χ0v) is 17.1. The fraction of sp³-hybridized carbons (Fsp3) is 0.556. The number of halogens is 1. The van der Waals surface area contributed by atoms with Crippen LogP contribution in [0, 0.1) is 6.92 Å². The smallest absolute Gasteiger partial charge is 0.191 e. The van der Waals surface area contributed by atoms with Crippen molar-refractivity contribution in [1.82, 2.24) is 20.5 Å². The lowest BCUT2D eigenvalue weighted by Crippen LogP contribution is -2.48. The molecule has 0 aliphatic carbocycles. The van der Waals surface area contributed by atoms with Gasteiger partial charge in [0.15, 0.2) is 5.96 Å². The normalized spacial score (nSPS) is 16.3. The zero-order valence-electron chi connectivity index (χ0n) is 14.8. The molecule has 0 amide bonds. The average molecular weight is 443 g/mol. The standard InChI is InChI=1S/C18H29N5.HI/c1-4-11-23-12-8-16(9-13-23)22-18(19-5-2)21-14-17-15(3)7-6-10-20-17;/h4,6-7,10,16H,1,5,8-9,11-14H2,2-3H3,(H2,19,21,22);1H. The number of pyridine rings is 1. The summed E-state index contributed by atoms with van der Waals surface area (Å²) in [5.41, 5.74) is 2.22. The Bertz CT molecular complexity index is 524. The molecular formula is C18H30IN5. The topological polar surface area (TPSA) is 52.5 Å². The van der Waals surface area contributed by atoms with E-state index >= 15 is 0 Å². The Morgan fingerprint density at radius 3 is 2.83 bits per heavy atom. The van der Waals surface area contributed by atoms with Crippen LogP contribution in [0.3, 0.4) is 0 Å². The number of nitrogens with one attached hydrogen (secondary N) is 2. The quantitative estimate of drug-likeness (QED) is 0.307. The van der Waals surface area contributed by atoms with Crippen LogP contribution in [0.15, 0.2) is 36.0 Å². The van der Waals surface area contributed by atoms with E-state index in [1.807, 2.05) is 18.3 Å². The van der Waals surface area contributed by atoms with Crippen molar-refractivity contribution in [2.45, 2.75) is 39.3 Å². The molecule has 1 aliphatic rings. The van der Waals surface area contributed by atoms with E-state index in [4.69, 9.17) is 4.99 Å². The summed E-state index contributed by atoms with van der Waals surface area (Å²) in [5.74, 6) is 0.889. The minimum atomic E-state index is 0. The lowest BCUT2D eigenvalue weighted by atomic mass is 10.1. The van der Waals surface area contributed by atoms with Gasteiger partial charge >= 0.3 is 0 Å². The molecule has 6 heteroatoms. The average Bonchev–Trinajstić information content (AvgIpc) is 2.56. The number of aliphatic imine (C=N–C) groups is 1. The number of hydrogen-bond acceptors (Lipinski definition) is 3. The van der Waals surface area contributed by atoms with Crippen molar-refractivity contribution in [3.8, 4) is 0 Å². The van der Waals surface area contributed by atoms with Gasteiger partial charge in [-0.05, 0) is 38.3 Å². The highest BCUT2D eigenvalue weighted by molar-refractivity contribution is 14.0. The molecule has 0 bridgehead atoms. The van der Waals surface area contributed by atoms with E-state index in [9.17, 15) is 0 Å². The van der Waals surface area contributed by atoms with Gasteiger partial charge in [-0.3, -0.25) is 9.88 Å². The molecule has 0 radical (unpaired) electrons. The van der Waals surface area contributed by atoms with Gasteiger partial charge in [0.2, 0.25) is 0 Å². The van der Waals surface area contributed by atoms with Crippen LogP contribution in [0.2, 0.25) is 0 Å². The third-order valence-corrected chi connectivity index (χ3v) is 4.16. The van der Waals surface area contributed by atoms with Crippen LogP contribution in [0.4, 0.5) is 0 Å². The molecule has 0 spiro atoms. The minimum Gasteiger partial charge on any atom is -0.357 e. The van der Waals surface area contributed by atoms with Gasteiger partial charge in [0, 0.05) is 38.4 Å². The van der Waals surface area contributed by atoms with Crippen molar-refractivity contribution >= 4 is 29.9 Å². The summed E-state index contributed by atoms with van der Waals surface area (Å²) in [6, 6.07) is 4.52. The predicted octanol–water partition coefficient (Wildman–Crippen LogP) is 2.71. The number of nitrogens with zero attached hydrogens (tertiary/aromatic N) is 3. The van der Waals surface area contributed by atoms with E-state index in [0.717, 1.165) is 50.7 Å². The zero-order chi connectivity index (χ0) is 16.5. The Hall–Kier alpha value is -1.15. The highest BCUT2D eigenvalue weighted by atomic mass is 127. The number of aryl methyl sites for hydroxylation is 1. The third-order valence-electron chi connectivity index (χ3n) is 4.16. The summed E-state index contributed by atoms with van der Waals surface area (Å²) in [7, 11) is 0. The number of piperidine rings is 1. The van der Waals surface area contributed by atoms with E-state index in [1.54, 1.807) is 0 Å². The molecule has 1 aliphatic heterocycles. The Kier molecular flexibility index (Phi) is 9.94. The van der Waals surface area contributed by atoms with Crippen molar-refractivity contribution in [3.63, 3.8) is 0 Å². The van der Waals surface area contributed by atoms with E-state index in [-0.39, 0.29) is 24.0 Å². The first-order valence-electron chi connectivity index (χ1n) is 8.51. The molecular weight excluding hydrogens is 413 g/mol. The van der Waals surface area contributed by atoms with Gasteiger partial charge in [-0.1, -0.05) is 12.1 Å². The van der Waals surface area contributed by atoms with E-state index in [1.165, 1.54) is 5.56 Å². The van der Waals surface area contributed by atoms with Gasteiger partial charge in [-0.25, -0.2) is 4.99 Å². The van der Waals surface area contributed by atoms with Gasteiger partial charge in [-0.15, -0.1) is 30.6 Å². The molecule has 24 heavy (non-hydrogen) atoms. The molecule has 1 aromatic rings. The molecule has 0 atom stereocenters. The monoisotopic (exact) mass is 443 g/mol. The highest BCUT2D eigenvalue weighted by Crippen LogP contribution is 2.10. The molecule has 2 N–H and O–H groups in total. The molecule has 1 fully saturated rings. The van der Waals surface area contributed by atoms with Crippen molar-refractivity contribution < 1.29 is 0 Å². The maximum Gasteiger partial charge on any atom is 0.191 e. The van der Waals surface area contributed by atoms with Crippen molar-refractivity contribution in [2.24, 2.45) is 4.99 Å². The molecule has 2 rings (SSSR count). The van der Waals surface area contributed by atoms with Crippen molar-refractivity contribution in [3.05, 3.63) is 42.2 Å². The first-order chi connectivity index (χ1) is 11.2. The summed E-state index contributed by atoms with van der Waals surface area (Å²) in [4.78, 5) is 11.5. The fourth-order valence-electron chi connectivity index (χ4n) is 2.79. The van der Waals surface area contributed by atoms with Crippen LogP contribution < -0.4 is 10.6 Å². The Morgan fingerprint density at radius 2 is 2.21 bits per heavy atom. The van der Waals surface area contributed by atoms with Gasteiger partial charge < -0.3 is 10.6 Å². The van der Waals surface area contributed by atoms with Crippen LogP contribution in [0.25, 0.3) is 0 Å². The number of aromatic nitrogens is 1. The van der Waals surface area contributed by atoms with Crippen molar-refractivity contribution in [1.29, 1.82) is 0 Å². The Balaban J connectivity index is 0.00000288. The largest absolute Gasteiger partial charge is 0.357 e. The maximum absolute atomic E-state index is 4.70. The van der Waals surface area contributed by atoms with Crippen LogP contribution >= 0.6 is 24.0 Å². The van der Waals surface area contributed by atoms with E-state index < -0.39 is 0 Å². The Morgan fingerprint density at radius 1 is 1.46 bits per heavy atom. The summed E-state index contributed by atoms with van der Waals surface area (Å²) < 4.78 is 0. The second-order valence-electron chi connectivity index (χ2n) is 5.97. The van der Waals surface area contributed by atoms with Gasteiger partial charge in [0.05, 0.1) is 12.2 Å². The van der Waals surface area contributed by atoms with Crippen LogP contribution in [0.1, 0.15) is 31.0 Å². The number of rotatable bonds is 6. The third kappa shape index (κ3) is 6.76. The van der Waals surface area contributed by atoms with Crippen LogP contribution in [0.5, 0.6) is 0 Å². The second kappa shape index (κ2) is 11.4. The fourth-order valence-corrected chi connectivity index (χ4v) is 2.79. The first kappa shape index (κ1) is 20.9. The summed E-state index contributed by atoms with van der Waals surface area (Å²) >= 11 is 0. The second-order valence-corrected chi connectivity index (χ2v) is 5.97. The summed E-state index contributed by atoms with van der Waals surface area (Å²) in [6.45, 7) is 12.7. The highest BCUT2D eigenvalue weighted by Gasteiger charge is 2.19. The lowest BCUT2D eigenvalue weighted by Gasteiger charge is -2.32. The molecule has 1 aromatic heterocycles. The number of likely N-dealkylation sites (tertiary alicyclic amines) is 1. The SMILES string of the molecule is C=CCN1CCC(NC(=NCc2ncccc2C)NCC)CC1.I. The maximum atomic E-state index is 4.70. The van der Waals surface area contributed by atoms with Gasteiger partial charge in [0.1, 0.15) is 0 Å². The lowest BCUT2D eigenvalue weighted by molar-refractivity contribution is 0.225. The molecule has 1 saturated heterocycles. The molecule has 5 nitrogen and oxygen atoms in total. The molecule has 2 heterocycles. The first-order valence-corrected chi connectivity index (χ1v) is 8.51. The van der Waals surface area contributed by atoms with E-state index in [0.29, 0.717) is 12.6 Å². The van der Waals surface area contributed by atoms with Crippen molar-refractivity contribution in [2.75, 3.05) is 26.2 Å². The molecule has 0 saturated carbocycles. The molecule has 134 valence electrons. The molecule has 0 aromatic carbocycles. The number of guanidine groups is 1.